The van der Waals surface area contributed by atoms with Crippen LogP contribution < -0.4 is 0 Å². The molecule has 18 heavy (non-hydrogen) atoms. The predicted octanol–water partition coefficient (Wildman–Crippen LogP) is 1.47. The summed E-state index contributed by atoms with van der Waals surface area (Å²) in [5, 5.41) is 4.46. The van der Waals surface area contributed by atoms with Gasteiger partial charge in [-0.2, -0.15) is 10.1 Å². The SMILES string of the molecule is Cc1nn(-c2ncc3ncn(C)c3n2)c(C)c1C. The summed E-state index contributed by atoms with van der Waals surface area (Å²) in [5.41, 5.74) is 4.84. The lowest BCUT2D eigenvalue weighted by atomic mass is 10.2. The molecule has 0 unspecified atom stereocenters. The van der Waals surface area contributed by atoms with Crippen molar-refractivity contribution in [3.05, 3.63) is 29.5 Å². The second kappa shape index (κ2) is 3.63. The van der Waals surface area contributed by atoms with E-state index in [2.05, 4.69) is 27.0 Å². The van der Waals surface area contributed by atoms with Crippen molar-refractivity contribution in [3.63, 3.8) is 0 Å². The van der Waals surface area contributed by atoms with Crippen molar-refractivity contribution in [2.75, 3.05) is 0 Å². The molecule has 3 aromatic heterocycles. The third-order valence-corrected chi connectivity index (χ3v) is 3.28. The summed E-state index contributed by atoms with van der Waals surface area (Å²) in [7, 11) is 1.92. The van der Waals surface area contributed by atoms with Crippen LogP contribution in [0, 0.1) is 20.8 Å². The number of nitrogens with zero attached hydrogens (tertiary/aromatic N) is 6. The highest BCUT2D eigenvalue weighted by Gasteiger charge is 2.12. The minimum Gasteiger partial charge on any atom is -0.318 e. The van der Waals surface area contributed by atoms with E-state index in [-0.39, 0.29) is 0 Å². The summed E-state index contributed by atoms with van der Waals surface area (Å²) in [6.07, 6.45) is 3.46. The van der Waals surface area contributed by atoms with E-state index < -0.39 is 0 Å². The van der Waals surface area contributed by atoms with Gasteiger partial charge in [-0.15, -0.1) is 0 Å². The van der Waals surface area contributed by atoms with Crippen molar-refractivity contribution in [1.29, 1.82) is 0 Å². The van der Waals surface area contributed by atoms with Gasteiger partial charge in [-0.05, 0) is 26.3 Å². The molecule has 0 amide bonds. The van der Waals surface area contributed by atoms with Gasteiger partial charge >= 0.3 is 0 Å². The molecule has 0 N–H and O–H groups in total. The van der Waals surface area contributed by atoms with Gasteiger partial charge in [0.1, 0.15) is 5.52 Å². The highest BCUT2D eigenvalue weighted by atomic mass is 15.4. The Kier molecular flexibility index (Phi) is 2.19. The molecule has 0 aliphatic carbocycles. The Labute approximate surface area is 104 Å². The molecule has 0 aromatic carbocycles. The lowest BCUT2D eigenvalue weighted by Gasteiger charge is -2.02. The average molecular weight is 242 g/mol. The van der Waals surface area contributed by atoms with Crippen molar-refractivity contribution < 1.29 is 0 Å². The smallest absolute Gasteiger partial charge is 0.252 e. The van der Waals surface area contributed by atoms with Gasteiger partial charge in [0.05, 0.1) is 18.2 Å². The maximum Gasteiger partial charge on any atom is 0.252 e. The minimum absolute atomic E-state index is 0.583. The van der Waals surface area contributed by atoms with Crippen LogP contribution in [0.2, 0.25) is 0 Å². The molecule has 0 aliphatic rings. The number of rotatable bonds is 1. The largest absolute Gasteiger partial charge is 0.318 e. The molecule has 6 nitrogen and oxygen atoms in total. The topological polar surface area (TPSA) is 61.4 Å². The van der Waals surface area contributed by atoms with Crippen molar-refractivity contribution in [2.24, 2.45) is 7.05 Å². The first-order chi connectivity index (χ1) is 8.58. The van der Waals surface area contributed by atoms with Crippen LogP contribution in [-0.2, 0) is 7.05 Å². The fourth-order valence-corrected chi connectivity index (χ4v) is 1.93. The molecule has 0 fully saturated rings. The number of hydrogen-bond donors (Lipinski definition) is 0. The Bertz CT molecular complexity index is 736. The molecule has 0 radical (unpaired) electrons. The summed E-state index contributed by atoms with van der Waals surface area (Å²) < 4.78 is 3.65. The molecule has 92 valence electrons. The molecule has 0 aliphatic heterocycles. The summed E-state index contributed by atoms with van der Waals surface area (Å²) in [4.78, 5) is 13.0. The maximum absolute atomic E-state index is 4.51. The standard InChI is InChI=1S/C12H14N6/c1-7-8(2)16-18(9(7)3)12-13-5-10-11(15-12)17(4)6-14-10/h5-6H,1-4H3. The summed E-state index contributed by atoms with van der Waals surface area (Å²) in [5.74, 6) is 0.583. The lowest BCUT2D eigenvalue weighted by Crippen LogP contribution is -2.05. The zero-order valence-electron chi connectivity index (χ0n) is 10.8. The van der Waals surface area contributed by atoms with Crippen LogP contribution in [-0.4, -0.2) is 29.3 Å². The van der Waals surface area contributed by atoms with Gasteiger partial charge in [0.25, 0.3) is 5.95 Å². The highest BCUT2D eigenvalue weighted by Crippen LogP contribution is 2.15. The number of hydrogen-bond acceptors (Lipinski definition) is 4. The maximum atomic E-state index is 4.51. The highest BCUT2D eigenvalue weighted by molar-refractivity contribution is 5.69. The van der Waals surface area contributed by atoms with Crippen molar-refractivity contribution >= 4 is 11.2 Å². The number of imidazole rings is 1. The molecule has 6 heteroatoms. The minimum atomic E-state index is 0.583. The second-order valence-corrected chi connectivity index (χ2v) is 4.44. The van der Waals surface area contributed by atoms with E-state index in [4.69, 9.17) is 0 Å². The lowest BCUT2D eigenvalue weighted by molar-refractivity contribution is 0.774. The average Bonchev–Trinajstić information content (AvgIpc) is 2.86. The van der Waals surface area contributed by atoms with E-state index in [1.807, 2.05) is 25.5 Å². The Hall–Kier alpha value is -2.24. The molecule has 0 atom stereocenters. The molecular formula is C12H14N6. The van der Waals surface area contributed by atoms with E-state index in [0.29, 0.717) is 5.95 Å². The van der Waals surface area contributed by atoms with E-state index in [0.717, 1.165) is 22.6 Å². The summed E-state index contributed by atoms with van der Waals surface area (Å²) in [6.45, 7) is 6.06. The Morgan fingerprint density at radius 2 is 1.89 bits per heavy atom. The molecule has 0 saturated carbocycles. The Morgan fingerprint density at radius 3 is 2.56 bits per heavy atom. The van der Waals surface area contributed by atoms with Crippen LogP contribution in [0.25, 0.3) is 17.1 Å². The quantitative estimate of drug-likeness (QED) is 0.648. The van der Waals surface area contributed by atoms with Crippen LogP contribution in [0.1, 0.15) is 17.0 Å². The van der Waals surface area contributed by atoms with Gasteiger partial charge < -0.3 is 4.57 Å². The molecule has 3 heterocycles. The molecule has 3 rings (SSSR count). The van der Waals surface area contributed by atoms with Crippen molar-refractivity contribution in [3.8, 4) is 5.95 Å². The van der Waals surface area contributed by atoms with Gasteiger partial charge in [0.2, 0.25) is 0 Å². The number of fused-ring (bicyclic) bond motifs is 1. The molecule has 3 aromatic rings. The molecule has 0 bridgehead atoms. The van der Waals surface area contributed by atoms with Crippen LogP contribution in [0.4, 0.5) is 0 Å². The van der Waals surface area contributed by atoms with Gasteiger partial charge in [0, 0.05) is 12.7 Å². The third-order valence-electron chi connectivity index (χ3n) is 3.28. The van der Waals surface area contributed by atoms with Crippen molar-refractivity contribution in [2.45, 2.75) is 20.8 Å². The Balaban J connectivity index is 2.24. The zero-order chi connectivity index (χ0) is 12.9. The first-order valence-electron chi connectivity index (χ1n) is 5.75. The van der Waals surface area contributed by atoms with Gasteiger partial charge in [0.15, 0.2) is 5.65 Å². The number of aromatic nitrogens is 6. The fraction of sp³-hybridized carbons (Fsp3) is 0.333. The zero-order valence-corrected chi connectivity index (χ0v) is 10.8. The first kappa shape index (κ1) is 10.9. The van der Waals surface area contributed by atoms with Crippen LogP contribution in [0.5, 0.6) is 0 Å². The Morgan fingerprint density at radius 1 is 1.11 bits per heavy atom. The monoisotopic (exact) mass is 242 g/mol. The van der Waals surface area contributed by atoms with Crippen molar-refractivity contribution in [1.82, 2.24) is 29.3 Å². The van der Waals surface area contributed by atoms with Crippen LogP contribution in [0.3, 0.4) is 0 Å². The van der Waals surface area contributed by atoms with E-state index >= 15 is 0 Å². The third kappa shape index (κ3) is 1.42. The predicted molar refractivity (Wildman–Crippen MR) is 67.6 cm³/mol. The molecule has 0 saturated heterocycles. The van der Waals surface area contributed by atoms with Gasteiger partial charge in [-0.25, -0.2) is 14.6 Å². The van der Waals surface area contributed by atoms with Crippen LogP contribution >= 0.6 is 0 Å². The molecule has 0 spiro atoms. The number of aryl methyl sites for hydroxylation is 2. The van der Waals surface area contributed by atoms with Crippen LogP contribution in [0.15, 0.2) is 12.5 Å². The fourth-order valence-electron chi connectivity index (χ4n) is 1.93. The first-order valence-corrected chi connectivity index (χ1v) is 5.75. The second-order valence-electron chi connectivity index (χ2n) is 4.44. The molecular weight excluding hydrogens is 228 g/mol. The van der Waals surface area contributed by atoms with E-state index in [9.17, 15) is 0 Å². The van der Waals surface area contributed by atoms with E-state index in [1.165, 1.54) is 5.56 Å². The van der Waals surface area contributed by atoms with Gasteiger partial charge in [-0.3, -0.25) is 0 Å². The normalized spacial score (nSPS) is 11.3. The van der Waals surface area contributed by atoms with Gasteiger partial charge in [-0.1, -0.05) is 0 Å². The van der Waals surface area contributed by atoms with E-state index in [1.54, 1.807) is 17.2 Å². The summed E-state index contributed by atoms with van der Waals surface area (Å²) in [6, 6.07) is 0. The summed E-state index contributed by atoms with van der Waals surface area (Å²) >= 11 is 0.